The Balaban J connectivity index is 0.00000288. The number of nitrogens with zero attached hydrogens (tertiary/aromatic N) is 2. The molecule has 1 aliphatic heterocycles. The van der Waals surface area contributed by atoms with Gasteiger partial charge >= 0.3 is 0 Å². The van der Waals surface area contributed by atoms with Crippen LogP contribution in [-0.2, 0) is 4.74 Å². The van der Waals surface area contributed by atoms with Crippen LogP contribution < -0.4 is 15.5 Å². The summed E-state index contributed by atoms with van der Waals surface area (Å²) in [6.07, 6.45) is 3.31. The number of aliphatic imine (C=N–C) groups is 1. The van der Waals surface area contributed by atoms with E-state index < -0.39 is 0 Å². The first-order valence-electron chi connectivity index (χ1n) is 8.48. The Kier molecular flexibility index (Phi) is 9.43. The molecular weight excluding hydrogens is 415 g/mol. The number of guanidine groups is 1. The third-order valence-electron chi connectivity index (χ3n) is 4.31. The quantitative estimate of drug-likeness (QED) is 0.293. The predicted octanol–water partition coefficient (Wildman–Crippen LogP) is 2.87. The highest BCUT2D eigenvalue weighted by atomic mass is 127. The number of halogens is 1. The minimum atomic E-state index is -0.0504. The van der Waals surface area contributed by atoms with E-state index in [9.17, 15) is 0 Å². The van der Waals surface area contributed by atoms with Crippen LogP contribution in [0.3, 0.4) is 0 Å². The minimum Gasteiger partial charge on any atom is -0.375 e. The van der Waals surface area contributed by atoms with Gasteiger partial charge in [0.1, 0.15) is 0 Å². The summed E-state index contributed by atoms with van der Waals surface area (Å²) in [6.45, 7) is 5.74. The second kappa shape index (κ2) is 10.8. The number of hydrogen-bond acceptors (Lipinski definition) is 3. The Morgan fingerprint density at radius 3 is 2.67 bits per heavy atom. The van der Waals surface area contributed by atoms with Crippen molar-refractivity contribution in [3.05, 3.63) is 30.3 Å². The van der Waals surface area contributed by atoms with Gasteiger partial charge in [0.05, 0.1) is 5.60 Å². The van der Waals surface area contributed by atoms with E-state index in [0.717, 1.165) is 51.5 Å². The maximum absolute atomic E-state index is 5.79. The van der Waals surface area contributed by atoms with Gasteiger partial charge in [-0.2, -0.15) is 0 Å². The third kappa shape index (κ3) is 6.84. The van der Waals surface area contributed by atoms with Crippen molar-refractivity contribution in [2.45, 2.75) is 31.8 Å². The Morgan fingerprint density at radius 1 is 1.29 bits per heavy atom. The molecule has 1 aromatic carbocycles. The van der Waals surface area contributed by atoms with Gasteiger partial charge in [0.25, 0.3) is 0 Å². The molecule has 1 saturated heterocycles. The van der Waals surface area contributed by atoms with Crippen molar-refractivity contribution in [2.75, 3.05) is 45.2 Å². The monoisotopic (exact) mass is 446 g/mol. The lowest BCUT2D eigenvalue weighted by Gasteiger charge is -2.25. The van der Waals surface area contributed by atoms with E-state index in [1.807, 2.05) is 13.1 Å². The molecule has 0 radical (unpaired) electrons. The van der Waals surface area contributed by atoms with Crippen molar-refractivity contribution in [3.8, 4) is 0 Å². The highest BCUT2D eigenvalue weighted by Crippen LogP contribution is 2.23. The van der Waals surface area contributed by atoms with Crippen LogP contribution in [0.15, 0.2) is 35.3 Å². The molecule has 2 N–H and O–H groups in total. The summed E-state index contributed by atoms with van der Waals surface area (Å²) < 4.78 is 5.79. The zero-order valence-electron chi connectivity index (χ0n) is 15.0. The summed E-state index contributed by atoms with van der Waals surface area (Å²) in [5, 5.41) is 6.75. The summed E-state index contributed by atoms with van der Waals surface area (Å²) >= 11 is 0. The molecule has 0 spiro atoms. The highest BCUT2D eigenvalue weighted by molar-refractivity contribution is 14.0. The van der Waals surface area contributed by atoms with Crippen molar-refractivity contribution in [1.29, 1.82) is 0 Å². The van der Waals surface area contributed by atoms with Crippen LogP contribution in [-0.4, -0.2) is 51.9 Å². The van der Waals surface area contributed by atoms with Crippen molar-refractivity contribution in [3.63, 3.8) is 0 Å². The average molecular weight is 446 g/mol. The first kappa shape index (κ1) is 21.0. The molecule has 24 heavy (non-hydrogen) atoms. The Labute approximate surface area is 163 Å². The highest BCUT2D eigenvalue weighted by Gasteiger charge is 2.29. The molecule has 1 unspecified atom stereocenters. The summed E-state index contributed by atoms with van der Waals surface area (Å²) in [7, 11) is 3.93. The number of rotatable bonds is 7. The second-order valence-corrected chi connectivity index (χ2v) is 6.37. The van der Waals surface area contributed by atoms with E-state index in [1.165, 1.54) is 5.69 Å². The first-order chi connectivity index (χ1) is 11.1. The smallest absolute Gasteiger partial charge is 0.191 e. The Morgan fingerprint density at radius 2 is 2.04 bits per heavy atom. The standard InChI is InChI=1S/C18H30N4O.HI/c1-18(11-7-14-23-18)15-21-17(19-2)20-12-8-13-22(3)16-9-5-4-6-10-16;/h4-6,9-10H,7-8,11-15H2,1-3H3,(H2,19,20,21);1H. The van der Waals surface area contributed by atoms with Crippen LogP contribution in [0.2, 0.25) is 0 Å². The SMILES string of the molecule is CN=C(NCCCN(C)c1ccccc1)NCC1(C)CCCO1.I. The zero-order chi connectivity index (χ0) is 16.5. The average Bonchev–Trinajstić information content (AvgIpc) is 3.01. The summed E-state index contributed by atoms with van der Waals surface area (Å²) in [4.78, 5) is 6.55. The van der Waals surface area contributed by atoms with Gasteiger partial charge < -0.3 is 20.3 Å². The molecular formula is C18H31IN4O. The zero-order valence-corrected chi connectivity index (χ0v) is 17.4. The third-order valence-corrected chi connectivity index (χ3v) is 4.31. The summed E-state index contributed by atoms with van der Waals surface area (Å²) in [5.41, 5.74) is 1.20. The van der Waals surface area contributed by atoms with E-state index >= 15 is 0 Å². The molecule has 1 fully saturated rings. The van der Waals surface area contributed by atoms with E-state index in [2.05, 4.69) is 58.8 Å². The molecule has 136 valence electrons. The number of hydrogen-bond donors (Lipinski definition) is 2. The summed E-state index contributed by atoms with van der Waals surface area (Å²) in [6, 6.07) is 10.5. The van der Waals surface area contributed by atoms with Gasteiger partial charge in [-0.15, -0.1) is 24.0 Å². The topological polar surface area (TPSA) is 48.9 Å². The molecule has 5 nitrogen and oxygen atoms in total. The Hall–Kier alpha value is -1.02. The van der Waals surface area contributed by atoms with Crippen LogP contribution in [0, 0.1) is 0 Å². The van der Waals surface area contributed by atoms with Crippen LogP contribution in [0.5, 0.6) is 0 Å². The van der Waals surface area contributed by atoms with Gasteiger partial charge in [0, 0.05) is 46.0 Å². The summed E-state index contributed by atoms with van der Waals surface area (Å²) in [5.74, 6) is 0.851. The van der Waals surface area contributed by atoms with Crippen molar-refractivity contribution >= 4 is 35.6 Å². The fourth-order valence-electron chi connectivity index (χ4n) is 2.80. The number of ether oxygens (including phenoxy) is 1. The van der Waals surface area contributed by atoms with Crippen molar-refractivity contribution < 1.29 is 4.74 Å². The number of anilines is 1. The van der Waals surface area contributed by atoms with Gasteiger partial charge in [-0.1, -0.05) is 18.2 Å². The van der Waals surface area contributed by atoms with Gasteiger partial charge in [-0.05, 0) is 38.3 Å². The Bertz CT molecular complexity index is 489. The molecule has 0 saturated carbocycles. The van der Waals surface area contributed by atoms with Crippen LogP contribution >= 0.6 is 24.0 Å². The van der Waals surface area contributed by atoms with Gasteiger partial charge in [0.2, 0.25) is 0 Å². The van der Waals surface area contributed by atoms with Crippen LogP contribution in [0.4, 0.5) is 5.69 Å². The second-order valence-electron chi connectivity index (χ2n) is 6.37. The molecule has 1 heterocycles. The number of para-hydroxylation sites is 1. The van der Waals surface area contributed by atoms with E-state index in [1.54, 1.807) is 0 Å². The van der Waals surface area contributed by atoms with E-state index in [0.29, 0.717) is 0 Å². The lowest BCUT2D eigenvalue weighted by molar-refractivity contribution is 0.0243. The van der Waals surface area contributed by atoms with Gasteiger partial charge in [0.15, 0.2) is 5.96 Å². The molecule has 1 atom stereocenters. The van der Waals surface area contributed by atoms with Crippen LogP contribution in [0.25, 0.3) is 0 Å². The van der Waals surface area contributed by atoms with E-state index in [4.69, 9.17) is 4.74 Å². The number of nitrogens with one attached hydrogen (secondary N) is 2. The normalized spacial score (nSPS) is 20.4. The molecule has 0 aromatic heterocycles. The fraction of sp³-hybridized carbons (Fsp3) is 0.611. The minimum absolute atomic E-state index is 0. The van der Waals surface area contributed by atoms with Gasteiger partial charge in [-0.3, -0.25) is 4.99 Å². The van der Waals surface area contributed by atoms with Crippen molar-refractivity contribution in [2.24, 2.45) is 4.99 Å². The molecule has 1 aromatic rings. The van der Waals surface area contributed by atoms with E-state index in [-0.39, 0.29) is 29.6 Å². The first-order valence-corrected chi connectivity index (χ1v) is 8.48. The molecule has 1 aliphatic rings. The molecule has 0 aliphatic carbocycles. The van der Waals surface area contributed by atoms with Crippen LogP contribution in [0.1, 0.15) is 26.2 Å². The largest absolute Gasteiger partial charge is 0.375 e. The maximum Gasteiger partial charge on any atom is 0.191 e. The fourth-order valence-corrected chi connectivity index (χ4v) is 2.80. The maximum atomic E-state index is 5.79. The lowest BCUT2D eigenvalue weighted by atomic mass is 10.0. The molecule has 6 heteroatoms. The molecule has 0 bridgehead atoms. The van der Waals surface area contributed by atoms with Crippen molar-refractivity contribution in [1.82, 2.24) is 10.6 Å². The van der Waals surface area contributed by atoms with Gasteiger partial charge in [-0.25, -0.2) is 0 Å². The molecule has 2 rings (SSSR count). The molecule has 0 amide bonds. The lowest BCUT2D eigenvalue weighted by Crippen LogP contribution is -2.46. The number of benzene rings is 1. The predicted molar refractivity (Wildman–Crippen MR) is 113 cm³/mol.